The minimum atomic E-state index is -0.113. The number of nitrogens with zero attached hydrogens (tertiary/aromatic N) is 2. The zero-order valence-corrected chi connectivity index (χ0v) is 11.5. The zero-order valence-electron chi connectivity index (χ0n) is 9.96. The Morgan fingerprint density at radius 1 is 1.61 bits per heavy atom. The molecule has 1 unspecified atom stereocenters. The first-order valence-electron chi connectivity index (χ1n) is 5.91. The van der Waals surface area contributed by atoms with Gasteiger partial charge in [-0.25, -0.2) is 0 Å². The molecule has 1 atom stereocenters. The molecule has 0 bridgehead atoms. The Morgan fingerprint density at radius 3 is 3.11 bits per heavy atom. The van der Waals surface area contributed by atoms with Crippen LogP contribution in [0, 0.1) is 24.2 Å². The summed E-state index contributed by atoms with van der Waals surface area (Å²) in [5, 5.41) is 14.1. The van der Waals surface area contributed by atoms with Gasteiger partial charge in [0.2, 0.25) is 0 Å². The molecular formula is C13H12BrN3O. The van der Waals surface area contributed by atoms with Crippen molar-refractivity contribution < 1.29 is 4.79 Å². The number of carbonyl (C=O) groups excluding carboxylic acids is 1. The highest BCUT2D eigenvalue weighted by Crippen LogP contribution is 2.21. The fraction of sp³-hybridized carbons (Fsp3) is 0.385. The lowest BCUT2D eigenvalue weighted by atomic mass is 10.00. The van der Waals surface area contributed by atoms with Crippen molar-refractivity contribution in [1.29, 1.82) is 5.26 Å². The molecule has 1 amide bonds. The molecular weight excluding hydrogens is 294 g/mol. The van der Waals surface area contributed by atoms with Gasteiger partial charge in [0.15, 0.2) is 0 Å². The topological polar surface area (TPSA) is 57.8 Å². The van der Waals surface area contributed by atoms with Gasteiger partial charge in [-0.05, 0) is 12.5 Å². The average molecular weight is 306 g/mol. The molecule has 0 saturated heterocycles. The molecule has 1 aromatic rings. The first-order chi connectivity index (χ1) is 8.63. The van der Waals surface area contributed by atoms with Crippen molar-refractivity contribution in [3.05, 3.63) is 21.8 Å². The predicted octanol–water partition coefficient (Wildman–Crippen LogP) is 0.367. The van der Waals surface area contributed by atoms with Crippen LogP contribution in [0.1, 0.15) is 22.5 Å². The van der Waals surface area contributed by atoms with E-state index in [0.29, 0.717) is 13.0 Å². The first-order valence-corrected chi connectivity index (χ1v) is 6.70. The van der Waals surface area contributed by atoms with E-state index in [9.17, 15) is 4.79 Å². The van der Waals surface area contributed by atoms with Gasteiger partial charge in [-0.2, -0.15) is 5.26 Å². The summed E-state index contributed by atoms with van der Waals surface area (Å²) in [5.41, 5.74) is 1.71. The highest BCUT2D eigenvalue weighted by atomic mass is 79.9. The summed E-state index contributed by atoms with van der Waals surface area (Å²) >= 11 is 3.57. The van der Waals surface area contributed by atoms with Crippen LogP contribution < -0.4 is 15.9 Å². The molecule has 2 heterocycles. The van der Waals surface area contributed by atoms with E-state index < -0.39 is 0 Å². The molecule has 1 aliphatic carbocycles. The number of hydrogen-bond acceptors (Lipinski definition) is 2. The molecule has 0 fully saturated rings. The molecule has 0 spiro atoms. The molecule has 2 aliphatic rings. The maximum atomic E-state index is 11.9. The summed E-state index contributed by atoms with van der Waals surface area (Å²) in [7, 11) is 0. The average Bonchev–Trinajstić information content (AvgIpc) is 2.65. The van der Waals surface area contributed by atoms with Crippen LogP contribution in [0.25, 0.3) is 10.6 Å². The molecule has 3 rings (SSSR count). The van der Waals surface area contributed by atoms with Crippen LogP contribution in [0.5, 0.6) is 0 Å². The second kappa shape index (κ2) is 3.99. The normalized spacial score (nSPS) is 21.5. The summed E-state index contributed by atoms with van der Waals surface area (Å²) in [6.45, 7) is 3.40. The van der Waals surface area contributed by atoms with Gasteiger partial charge in [0.25, 0.3) is 5.91 Å². The summed E-state index contributed by atoms with van der Waals surface area (Å²) in [6.07, 6.45) is 2.67. The molecule has 0 radical (unpaired) electrons. The van der Waals surface area contributed by atoms with Gasteiger partial charge in [-0.15, -0.1) is 0 Å². The van der Waals surface area contributed by atoms with Crippen LogP contribution in [0.4, 0.5) is 0 Å². The van der Waals surface area contributed by atoms with E-state index in [1.165, 1.54) is 0 Å². The Labute approximate surface area is 113 Å². The Bertz CT molecular complexity index is 708. The van der Waals surface area contributed by atoms with Crippen molar-refractivity contribution in [3.63, 3.8) is 0 Å². The van der Waals surface area contributed by atoms with E-state index in [2.05, 4.69) is 31.9 Å². The van der Waals surface area contributed by atoms with Crippen molar-refractivity contribution in [3.8, 4) is 6.07 Å². The van der Waals surface area contributed by atoms with Crippen molar-refractivity contribution >= 4 is 32.4 Å². The quantitative estimate of drug-likeness (QED) is 0.753. The number of aromatic nitrogens is 1. The van der Waals surface area contributed by atoms with E-state index in [-0.39, 0.29) is 11.8 Å². The van der Waals surface area contributed by atoms with E-state index in [0.717, 1.165) is 32.9 Å². The van der Waals surface area contributed by atoms with E-state index in [4.69, 9.17) is 5.26 Å². The molecule has 1 N–H and O–H groups in total. The summed E-state index contributed by atoms with van der Waals surface area (Å²) < 4.78 is 3.09. The van der Waals surface area contributed by atoms with Crippen molar-refractivity contribution in [1.82, 2.24) is 9.88 Å². The third-order valence-corrected chi connectivity index (χ3v) is 4.28. The van der Waals surface area contributed by atoms with E-state index in [1.807, 2.05) is 13.0 Å². The number of rotatable bonds is 0. The number of fused-ring (bicyclic) bond motifs is 3. The van der Waals surface area contributed by atoms with Crippen molar-refractivity contribution in [2.45, 2.75) is 19.9 Å². The third kappa shape index (κ3) is 1.45. The SMILES string of the molecule is Cc1c2n(c3c1=CC(C#N)CC=3Br)CCNC2=O. The monoisotopic (exact) mass is 305 g/mol. The molecule has 1 aromatic heterocycles. The van der Waals surface area contributed by atoms with Gasteiger partial charge >= 0.3 is 0 Å². The predicted molar refractivity (Wildman–Crippen MR) is 71.3 cm³/mol. The lowest BCUT2D eigenvalue weighted by Crippen LogP contribution is -2.41. The highest BCUT2D eigenvalue weighted by molar-refractivity contribution is 9.14. The number of nitrogens with one attached hydrogen (secondary N) is 1. The Kier molecular flexibility index (Phi) is 2.56. The largest absolute Gasteiger partial charge is 0.349 e. The number of nitriles is 1. The number of carbonyl (C=O) groups is 1. The summed E-state index contributed by atoms with van der Waals surface area (Å²) in [6, 6.07) is 2.28. The lowest BCUT2D eigenvalue weighted by Gasteiger charge is -2.17. The summed E-state index contributed by atoms with van der Waals surface area (Å²) in [5.74, 6) is -0.131. The lowest BCUT2D eigenvalue weighted by molar-refractivity contribution is 0.0926. The van der Waals surface area contributed by atoms with Crippen molar-refractivity contribution in [2.24, 2.45) is 5.92 Å². The number of halogens is 1. The van der Waals surface area contributed by atoms with Crippen LogP contribution in [-0.4, -0.2) is 17.0 Å². The third-order valence-electron chi connectivity index (χ3n) is 3.58. The number of hydrogen-bond donors (Lipinski definition) is 1. The van der Waals surface area contributed by atoms with Gasteiger partial charge in [0.1, 0.15) is 5.69 Å². The van der Waals surface area contributed by atoms with Crippen LogP contribution in [0.3, 0.4) is 0 Å². The van der Waals surface area contributed by atoms with Gasteiger partial charge < -0.3 is 9.88 Å². The van der Waals surface area contributed by atoms with Crippen molar-refractivity contribution in [2.75, 3.05) is 6.54 Å². The smallest absolute Gasteiger partial charge is 0.268 e. The molecule has 5 heteroatoms. The van der Waals surface area contributed by atoms with Gasteiger partial charge in [-0.3, -0.25) is 4.79 Å². The minimum Gasteiger partial charge on any atom is -0.349 e. The molecule has 1 aliphatic heterocycles. The minimum absolute atomic E-state index is 0.0182. The Balaban J connectivity index is 2.43. The molecule has 92 valence electrons. The van der Waals surface area contributed by atoms with Gasteiger partial charge in [0, 0.05) is 29.2 Å². The molecule has 4 nitrogen and oxygen atoms in total. The van der Waals surface area contributed by atoms with Crippen LogP contribution in [0.2, 0.25) is 0 Å². The standard InChI is InChI=1S/C13H12BrN3O/c1-7-9-4-8(6-15)5-10(14)12(9)17-3-2-16-13(18)11(7)17/h4,8H,2-3,5H2,1H3,(H,16,18). The maximum absolute atomic E-state index is 11.9. The fourth-order valence-corrected chi connectivity index (χ4v) is 3.55. The maximum Gasteiger partial charge on any atom is 0.268 e. The Morgan fingerprint density at radius 2 is 2.39 bits per heavy atom. The van der Waals surface area contributed by atoms with Gasteiger partial charge in [-0.1, -0.05) is 22.0 Å². The zero-order chi connectivity index (χ0) is 12.9. The second-order valence-corrected chi connectivity index (χ2v) is 5.61. The molecule has 0 saturated carbocycles. The van der Waals surface area contributed by atoms with Crippen LogP contribution in [-0.2, 0) is 6.54 Å². The molecule has 18 heavy (non-hydrogen) atoms. The first kappa shape index (κ1) is 11.5. The fourth-order valence-electron chi connectivity index (χ4n) is 2.78. The van der Waals surface area contributed by atoms with E-state index >= 15 is 0 Å². The van der Waals surface area contributed by atoms with Gasteiger partial charge in [0.05, 0.1) is 17.3 Å². The molecule has 0 aromatic carbocycles. The second-order valence-electron chi connectivity index (χ2n) is 4.65. The number of amides is 1. The Hall–Kier alpha value is -1.54. The highest BCUT2D eigenvalue weighted by Gasteiger charge is 2.25. The summed E-state index contributed by atoms with van der Waals surface area (Å²) in [4.78, 5) is 11.9. The van der Waals surface area contributed by atoms with Crippen LogP contribution >= 0.6 is 15.9 Å². The van der Waals surface area contributed by atoms with E-state index in [1.54, 1.807) is 0 Å². The van der Waals surface area contributed by atoms with Crippen LogP contribution in [0.15, 0.2) is 0 Å².